The third-order valence-electron chi connectivity index (χ3n) is 6.53. The molecule has 0 saturated heterocycles. The van der Waals surface area contributed by atoms with Gasteiger partial charge in [-0.05, 0) is 22.3 Å². The van der Waals surface area contributed by atoms with Gasteiger partial charge in [0.1, 0.15) is 11.2 Å². The molecule has 4 aromatic carbocycles. The molecule has 0 amide bonds. The van der Waals surface area contributed by atoms with E-state index in [9.17, 15) is 10.2 Å². The second kappa shape index (κ2) is 6.02. The van der Waals surface area contributed by atoms with Crippen LogP contribution in [0.25, 0.3) is 11.1 Å². The lowest BCUT2D eigenvalue weighted by atomic mass is 9.78. The lowest BCUT2D eigenvalue weighted by Crippen LogP contribution is -2.28. The molecule has 6 rings (SSSR count). The van der Waals surface area contributed by atoms with Gasteiger partial charge in [0.25, 0.3) is 0 Å². The molecule has 2 atom stereocenters. The summed E-state index contributed by atoms with van der Waals surface area (Å²) in [5.74, 6) is 0. The fraction of sp³-hybridized carbons (Fsp3) is 0.0714. The van der Waals surface area contributed by atoms with E-state index in [-0.39, 0.29) is 0 Å². The highest BCUT2D eigenvalue weighted by Crippen LogP contribution is 2.64. The number of hydrogen-bond acceptors (Lipinski definition) is 2. The summed E-state index contributed by atoms with van der Waals surface area (Å²) in [6.45, 7) is 0. The van der Waals surface area contributed by atoms with Crippen LogP contribution in [-0.4, -0.2) is 10.2 Å². The minimum absolute atomic E-state index is 0.775. The van der Waals surface area contributed by atoms with Gasteiger partial charge in [0.05, 0.1) is 0 Å². The molecule has 0 aliphatic heterocycles. The average molecular weight is 388 g/mol. The smallest absolute Gasteiger partial charge is 0.142 e. The molecular formula is C28H20O2. The van der Waals surface area contributed by atoms with Crippen molar-refractivity contribution in [3.63, 3.8) is 0 Å². The molecule has 0 radical (unpaired) electrons. The Kier molecular flexibility index (Phi) is 3.49. The molecule has 2 aliphatic carbocycles. The first-order chi connectivity index (χ1) is 14.7. The average Bonchev–Trinajstić information content (AvgIpc) is 3.26. The van der Waals surface area contributed by atoms with Gasteiger partial charge in [-0.3, -0.25) is 0 Å². The van der Waals surface area contributed by atoms with Crippen LogP contribution < -0.4 is 0 Å². The summed E-state index contributed by atoms with van der Waals surface area (Å²) in [4.78, 5) is 0. The summed E-state index contributed by atoms with van der Waals surface area (Å²) >= 11 is 0. The van der Waals surface area contributed by atoms with Crippen molar-refractivity contribution in [2.24, 2.45) is 0 Å². The second-order valence-electron chi connectivity index (χ2n) is 7.99. The van der Waals surface area contributed by atoms with Crippen LogP contribution in [0.2, 0.25) is 0 Å². The topological polar surface area (TPSA) is 40.5 Å². The molecule has 0 saturated carbocycles. The molecule has 0 spiro atoms. The Balaban J connectivity index is 1.77. The molecular weight excluding hydrogens is 368 g/mol. The molecule has 2 nitrogen and oxygen atoms in total. The summed E-state index contributed by atoms with van der Waals surface area (Å²) in [5.41, 5.74) is 3.89. The highest BCUT2D eigenvalue weighted by molar-refractivity contribution is 6.11. The first-order valence-corrected chi connectivity index (χ1v) is 10.2. The zero-order valence-electron chi connectivity index (χ0n) is 16.3. The van der Waals surface area contributed by atoms with E-state index in [2.05, 4.69) is 0 Å². The monoisotopic (exact) mass is 388 g/mol. The van der Waals surface area contributed by atoms with Crippen LogP contribution in [0.15, 0.2) is 109 Å². The molecule has 2 N–H and O–H groups in total. The third-order valence-corrected chi connectivity index (χ3v) is 6.53. The van der Waals surface area contributed by atoms with Crippen LogP contribution in [0, 0.1) is 0 Å². The number of rotatable bonds is 2. The lowest BCUT2D eigenvalue weighted by Gasteiger charge is -2.31. The van der Waals surface area contributed by atoms with E-state index >= 15 is 0 Å². The number of hydrogen-bond donors (Lipinski definition) is 2. The Morgan fingerprint density at radius 1 is 0.400 bits per heavy atom. The van der Waals surface area contributed by atoms with Gasteiger partial charge in [-0.2, -0.15) is 0 Å². The summed E-state index contributed by atoms with van der Waals surface area (Å²) in [6.07, 6.45) is 0. The van der Waals surface area contributed by atoms with Crippen molar-refractivity contribution in [2.45, 2.75) is 11.2 Å². The molecule has 0 bridgehead atoms. The maximum absolute atomic E-state index is 12.3. The summed E-state index contributed by atoms with van der Waals surface area (Å²) in [5, 5.41) is 24.7. The van der Waals surface area contributed by atoms with E-state index in [1.54, 1.807) is 0 Å². The second-order valence-corrected chi connectivity index (χ2v) is 7.99. The van der Waals surface area contributed by atoms with Gasteiger partial charge in [0.2, 0.25) is 0 Å². The number of benzene rings is 4. The Hall–Kier alpha value is -3.46. The van der Waals surface area contributed by atoms with E-state index in [1.807, 2.05) is 109 Å². The van der Waals surface area contributed by atoms with E-state index in [4.69, 9.17) is 0 Å². The van der Waals surface area contributed by atoms with Crippen molar-refractivity contribution in [3.05, 3.63) is 143 Å². The molecule has 0 aromatic heterocycles. The predicted molar refractivity (Wildman–Crippen MR) is 119 cm³/mol. The fourth-order valence-electron chi connectivity index (χ4n) is 5.28. The molecule has 2 heteroatoms. The maximum Gasteiger partial charge on any atom is 0.142 e. The first-order valence-electron chi connectivity index (χ1n) is 10.2. The van der Waals surface area contributed by atoms with Gasteiger partial charge < -0.3 is 10.2 Å². The van der Waals surface area contributed by atoms with Gasteiger partial charge in [0.15, 0.2) is 0 Å². The minimum Gasteiger partial charge on any atom is -0.376 e. The largest absolute Gasteiger partial charge is 0.376 e. The molecule has 30 heavy (non-hydrogen) atoms. The van der Waals surface area contributed by atoms with Crippen LogP contribution in [0.5, 0.6) is 0 Å². The zero-order valence-corrected chi connectivity index (χ0v) is 16.3. The summed E-state index contributed by atoms with van der Waals surface area (Å²) < 4.78 is 0. The van der Waals surface area contributed by atoms with Crippen LogP contribution in [0.3, 0.4) is 0 Å². The highest BCUT2D eigenvalue weighted by Gasteiger charge is 2.57. The normalized spacial score (nSPS) is 23.8. The van der Waals surface area contributed by atoms with E-state index in [0.717, 1.165) is 44.5 Å². The molecule has 0 fully saturated rings. The van der Waals surface area contributed by atoms with Crippen LogP contribution in [0.4, 0.5) is 0 Å². The Morgan fingerprint density at radius 3 is 1.13 bits per heavy atom. The lowest BCUT2D eigenvalue weighted by molar-refractivity contribution is 0.147. The summed E-state index contributed by atoms with van der Waals surface area (Å²) in [6, 6.07) is 35.3. The van der Waals surface area contributed by atoms with E-state index in [0.29, 0.717) is 0 Å². The molecule has 0 heterocycles. The fourth-order valence-corrected chi connectivity index (χ4v) is 5.28. The van der Waals surface area contributed by atoms with Gasteiger partial charge in [-0.15, -0.1) is 0 Å². The van der Waals surface area contributed by atoms with Crippen LogP contribution in [-0.2, 0) is 11.2 Å². The van der Waals surface area contributed by atoms with Crippen molar-refractivity contribution in [2.75, 3.05) is 0 Å². The van der Waals surface area contributed by atoms with Crippen molar-refractivity contribution >= 4 is 11.1 Å². The summed E-state index contributed by atoms with van der Waals surface area (Å²) in [7, 11) is 0. The van der Waals surface area contributed by atoms with Gasteiger partial charge in [-0.25, -0.2) is 0 Å². The molecule has 2 aliphatic rings. The predicted octanol–water partition coefficient (Wildman–Crippen LogP) is 5.10. The Bertz CT molecular complexity index is 1200. The SMILES string of the molecule is O[C@@]1(c2ccccc2)C2=C(c3ccccc31)[C@@](O)(c1ccccc1)c1ccccc12. The first kappa shape index (κ1) is 17.4. The van der Waals surface area contributed by atoms with Crippen molar-refractivity contribution in [1.29, 1.82) is 0 Å². The van der Waals surface area contributed by atoms with E-state index < -0.39 is 11.2 Å². The minimum atomic E-state index is -1.33. The molecule has 0 unspecified atom stereocenters. The van der Waals surface area contributed by atoms with Crippen LogP contribution >= 0.6 is 0 Å². The van der Waals surface area contributed by atoms with Gasteiger partial charge in [-0.1, -0.05) is 109 Å². The maximum atomic E-state index is 12.3. The molecule has 4 aromatic rings. The van der Waals surface area contributed by atoms with Gasteiger partial charge >= 0.3 is 0 Å². The highest BCUT2D eigenvalue weighted by atomic mass is 16.3. The zero-order chi connectivity index (χ0) is 20.3. The van der Waals surface area contributed by atoms with Crippen molar-refractivity contribution in [3.8, 4) is 0 Å². The third kappa shape index (κ3) is 2.00. The Morgan fingerprint density at radius 2 is 0.733 bits per heavy atom. The van der Waals surface area contributed by atoms with Gasteiger partial charge in [0, 0.05) is 22.3 Å². The molecule has 144 valence electrons. The number of aliphatic hydroxyl groups is 2. The van der Waals surface area contributed by atoms with Crippen LogP contribution in [0.1, 0.15) is 33.4 Å². The number of fused-ring (bicyclic) bond motifs is 4. The van der Waals surface area contributed by atoms with Crippen molar-refractivity contribution < 1.29 is 10.2 Å². The Labute approximate surface area is 175 Å². The van der Waals surface area contributed by atoms with Crippen molar-refractivity contribution in [1.82, 2.24) is 0 Å². The standard InChI is InChI=1S/C28H20O2/c29-27(19-11-3-1-4-12-19)23-17-9-7-15-21(23)26-25(27)22-16-8-10-18-24(22)28(26,30)20-13-5-2-6-14-20/h1-18,29-30H/t27-,28-/m1/s1. The van der Waals surface area contributed by atoms with E-state index in [1.165, 1.54) is 0 Å². The quantitative estimate of drug-likeness (QED) is 0.502.